The minimum Gasteiger partial charge on any atom is -0.478 e. The Morgan fingerprint density at radius 2 is 1.53 bits per heavy atom. The topological polar surface area (TPSA) is 71.7 Å². The SMILES string of the molecule is CCCCCCCCn1c2ccccc2c2cc(/C=C/c3ccc(N=O)c(C(=O)O)c3)ccc21. The third-order valence-corrected chi connectivity index (χ3v) is 6.35. The van der Waals surface area contributed by atoms with Crippen molar-refractivity contribution >= 4 is 45.6 Å². The van der Waals surface area contributed by atoms with E-state index in [9.17, 15) is 14.8 Å². The highest BCUT2D eigenvalue weighted by molar-refractivity contribution is 6.08. The molecule has 174 valence electrons. The van der Waals surface area contributed by atoms with E-state index in [2.05, 4.69) is 59.1 Å². The fourth-order valence-corrected chi connectivity index (χ4v) is 4.57. The van der Waals surface area contributed by atoms with Gasteiger partial charge < -0.3 is 9.67 Å². The number of aryl methyl sites for hydroxylation is 1. The van der Waals surface area contributed by atoms with Crippen LogP contribution in [0.5, 0.6) is 0 Å². The molecule has 5 heteroatoms. The van der Waals surface area contributed by atoms with Crippen LogP contribution in [0, 0.1) is 4.91 Å². The Hall–Kier alpha value is -3.73. The molecule has 0 aliphatic carbocycles. The van der Waals surface area contributed by atoms with Crippen LogP contribution in [0.2, 0.25) is 0 Å². The van der Waals surface area contributed by atoms with Crippen LogP contribution in [0.1, 0.15) is 66.9 Å². The summed E-state index contributed by atoms with van der Waals surface area (Å²) < 4.78 is 2.43. The van der Waals surface area contributed by atoms with Gasteiger partial charge >= 0.3 is 5.97 Å². The van der Waals surface area contributed by atoms with E-state index >= 15 is 0 Å². The van der Waals surface area contributed by atoms with Crippen molar-refractivity contribution in [3.05, 3.63) is 82.3 Å². The van der Waals surface area contributed by atoms with Crippen molar-refractivity contribution in [2.45, 2.75) is 52.0 Å². The monoisotopic (exact) mass is 454 g/mol. The van der Waals surface area contributed by atoms with E-state index in [-0.39, 0.29) is 11.3 Å². The van der Waals surface area contributed by atoms with Gasteiger partial charge in [0.15, 0.2) is 0 Å². The van der Waals surface area contributed by atoms with Gasteiger partial charge in [0.2, 0.25) is 0 Å². The van der Waals surface area contributed by atoms with Crippen LogP contribution in [0.3, 0.4) is 0 Å². The molecule has 34 heavy (non-hydrogen) atoms. The van der Waals surface area contributed by atoms with Gasteiger partial charge in [-0.3, -0.25) is 0 Å². The first-order valence-corrected chi connectivity index (χ1v) is 12.0. The molecule has 0 unspecified atom stereocenters. The Bertz CT molecular complexity index is 1350. The van der Waals surface area contributed by atoms with Gasteiger partial charge in [-0.05, 0) is 53.1 Å². The van der Waals surface area contributed by atoms with Gasteiger partial charge in [0.05, 0.1) is 5.56 Å². The predicted molar refractivity (Wildman–Crippen MR) is 141 cm³/mol. The lowest BCUT2D eigenvalue weighted by Gasteiger charge is -2.08. The first-order chi connectivity index (χ1) is 16.6. The number of rotatable bonds is 11. The molecule has 5 nitrogen and oxygen atoms in total. The molecule has 0 fully saturated rings. The van der Waals surface area contributed by atoms with Crippen LogP contribution in [-0.4, -0.2) is 15.6 Å². The van der Waals surface area contributed by atoms with E-state index in [0.717, 1.165) is 12.1 Å². The maximum atomic E-state index is 11.4. The molecule has 0 saturated heterocycles. The highest BCUT2D eigenvalue weighted by Gasteiger charge is 2.12. The summed E-state index contributed by atoms with van der Waals surface area (Å²) in [4.78, 5) is 22.2. The predicted octanol–water partition coefficient (Wildman–Crippen LogP) is 8.42. The number of hydrogen-bond acceptors (Lipinski definition) is 3. The van der Waals surface area contributed by atoms with Gasteiger partial charge in [-0.15, -0.1) is 4.91 Å². The van der Waals surface area contributed by atoms with Crippen LogP contribution in [-0.2, 0) is 6.54 Å². The van der Waals surface area contributed by atoms with Gasteiger partial charge in [-0.2, -0.15) is 0 Å². The molecule has 0 aliphatic rings. The Balaban J connectivity index is 1.60. The summed E-state index contributed by atoms with van der Waals surface area (Å²) in [5.41, 5.74) is 4.08. The zero-order valence-electron chi connectivity index (χ0n) is 19.5. The number of nitrogens with zero attached hydrogens (tertiary/aromatic N) is 2. The number of benzene rings is 3. The second-order valence-corrected chi connectivity index (χ2v) is 8.72. The lowest BCUT2D eigenvalue weighted by Crippen LogP contribution is -1.97. The standard InChI is InChI=1S/C29H30N2O3/c1-2-3-4-5-6-9-18-31-27-11-8-7-10-23(27)24-19-22(15-17-28(24)31)13-12-21-14-16-26(30-34)25(20-21)29(32)33/h7-8,10-17,19-20H,2-6,9,18H2,1H3,(H,32,33)/b13-12+. The number of fused-ring (bicyclic) bond motifs is 3. The number of nitroso groups, excluding NO2 is 1. The average molecular weight is 455 g/mol. The average Bonchev–Trinajstić information content (AvgIpc) is 3.17. The van der Waals surface area contributed by atoms with E-state index in [0.29, 0.717) is 5.56 Å². The third kappa shape index (κ3) is 5.09. The van der Waals surface area contributed by atoms with Crippen molar-refractivity contribution in [3.63, 3.8) is 0 Å². The van der Waals surface area contributed by atoms with Crippen molar-refractivity contribution in [3.8, 4) is 0 Å². The van der Waals surface area contributed by atoms with Crippen LogP contribution < -0.4 is 0 Å². The number of aromatic carboxylic acids is 1. The fraction of sp³-hybridized carbons (Fsp3) is 0.276. The molecule has 0 amide bonds. The van der Waals surface area contributed by atoms with Crippen LogP contribution in [0.15, 0.2) is 65.8 Å². The van der Waals surface area contributed by atoms with Gasteiger partial charge in [-0.25, -0.2) is 4.79 Å². The highest BCUT2D eigenvalue weighted by Crippen LogP contribution is 2.31. The van der Waals surface area contributed by atoms with E-state index in [4.69, 9.17) is 0 Å². The van der Waals surface area contributed by atoms with Crippen LogP contribution in [0.25, 0.3) is 34.0 Å². The molecule has 3 aromatic carbocycles. The molecule has 0 bridgehead atoms. The molecule has 1 heterocycles. The number of aromatic nitrogens is 1. The molecule has 1 aromatic heterocycles. The summed E-state index contributed by atoms with van der Waals surface area (Å²) in [7, 11) is 0. The van der Waals surface area contributed by atoms with E-state index in [1.165, 1.54) is 72.5 Å². The van der Waals surface area contributed by atoms with Crippen molar-refractivity contribution in [2.75, 3.05) is 0 Å². The molecule has 0 atom stereocenters. The molecule has 0 aliphatic heterocycles. The van der Waals surface area contributed by atoms with Gasteiger partial charge in [-0.1, -0.05) is 81.5 Å². The lowest BCUT2D eigenvalue weighted by molar-refractivity contribution is 0.0697. The molecular formula is C29H30N2O3. The Labute approximate surface area is 199 Å². The second kappa shape index (κ2) is 10.9. The fourth-order valence-electron chi connectivity index (χ4n) is 4.57. The zero-order valence-corrected chi connectivity index (χ0v) is 19.5. The van der Waals surface area contributed by atoms with Gasteiger partial charge in [0.25, 0.3) is 0 Å². The van der Waals surface area contributed by atoms with E-state index in [1.807, 2.05) is 12.2 Å². The molecule has 0 saturated carbocycles. The molecule has 0 radical (unpaired) electrons. The molecular weight excluding hydrogens is 424 g/mol. The van der Waals surface area contributed by atoms with Crippen LogP contribution >= 0.6 is 0 Å². The molecule has 4 aromatic rings. The van der Waals surface area contributed by atoms with Crippen molar-refractivity contribution in [2.24, 2.45) is 5.18 Å². The number of para-hydroxylation sites is 1. The number of hydrogen-bond donors (Lipinski definition) is 1. The first kappa shape index (κ1) is 23.4. The summed E-state index contributed by atoms with van der Waals surface area (Å²) in [6, 6.07) is 19.6. The number of carboxylic acid groups (broad SMARTS) is 1. The molecule has 4 rings (SSSR count). The summed E-state index contributed by atoms with van der Waals surface area (Å²) in [5, 5.41) is 14.6. The summed E-state index contributed by atoms with van der Waals surface area (Å²) in [6.07, 6.45) is 11.5. The number of carboxylic acids is 1. The smallest absolute Gasteiger partial charge is 0.338 e. The maximum Gasteiger partial charge on any atom is 0.338 e. The van der Waals surface area contributed by atoms with Gasteiger partial charge in [0.1, 0.15) is 5.69 Å². The Morgan fingerprint density at radius 1 is 0.853 bits per heavy atom. The minimum atomic E-state index is -1.16. The quantitative estimate of drug-likeness (QED) is 0.140. The zero-order chi connectivity index (χ0) is 23.9. The summed E-state index contributed by atoms with van der Waals surface area (Å²) in [6.45, 7) is 3.26. The Kier molecular flexibility index (Phi) is 7.53. The first-order valence-electron chi connectivity index (χ1n) is 12.0. The summed E-state index contributed by atoms with van der Waals surface area (Å²) in [5.74, 6) is -1.16. The number of unbranched alkanes of at least 4 members (excludes halogenated alkanes) is 5. The normalized spacial score (nSPS) is 11.6. The van der Waals surface area contributed by atoms with E-state index < -0.39 is 5.97 Å². The largest absolute Gasteiger partial charge is 0.478 e. The lowest BCUT2D eigenvalue weighted by atomic mass is 10.1. The highest BCUT2D eigenvalue weighted by atomic mass is 16.4. The van der Waals surface area contributed by atoms with Crippen molar-refractivity contribution in [1.29, 1.82) is 0 Å². The van der Waals surface area contributed by atoms with Crippen LogP contribution in [0.4, 0.5) is 5.69 Å². The Morgan fingerprint density at radius 3 is 2.29 bits per heavy atom. The minimum absolute atomic E-state index is 0.0655. The van der Waals surface area contributed by atoms with Crippen molar-refractivity contribution < 1.29 is 9.90 Å². The van der Waals surface area contributed by atoms with Gasteiger partial charge in [0, 0.05) is 28.4 Å². The molecule has 0 spiro atoms. The van der Waals surface area contributed by atoms with E-state index in [1.54, 1.807) is 6.07 Å². The second-order valence-electron chi connectivity index (χ2n) is 8.72. The third-order valence-electron chi connectivity index (χ3n) is 6.35. The summed E-state index contributed by atoms with van der Waals surface area (Å²) >= 11 is 0. The number of carbonyl (C=O) groups is 1. The van der Waals surface area contributed by atoms with Crippen molar-refractivity contribution in [1.82, 2.24) is 4.57 Å². The maximum absolute atomic E-state index is 11.4. The molecule has 1 N–H and O–H groups in total.